The van der Waals surface area contributed by atoms with E-state index in [1.807, 2.05) is 31.2 Å². The average Bonchev–Trinajstić information content (AvgIpc) is 2.37. The molecule has 1 aromatic heterocycles. The Morgan fingerprint density at radius 2 is 1.94 bits per heavy atom. The van der Waals surface area contributed by atoms with Crippen molar-refractivity contribution in [1.82, 2.24) is 4.98 Å². The first-order chi connectivity index (χ1) is 8.65. The molecule has 2 N–H and O–H groups in total. The van der Waals surface area contributed by atoms with E-state index >= 15 is 0 Å². The van der Waals surface area contributed by atoms with Gasteiger partial charge in [0.2, 0.25) is 5.91 Å². The van der Waals surface area contributed by atoms with Crippen LogP contribution in [0.2, 0.25) is 0 Å². The molecule has 1 aromatic carbocycles. The Morgan fingerprint density at radius 1 is 1.17 bits per heavy atom. The van der Waals surface area contributed by atoms with Gasteiger partial charge in [-0.25, -0.2) is 4.98 Å². The van der Waals surface area contributed by atoms with Gasteiger partial charge in [-0.15, -0.1) is 0 Å². The maximum atomic E-state index is 11.0. The Labute approximate surface area is 106 Å². The van der Waals surface area contributed by atoms with Gasteiger partial charge in [-0.1, -0.05) is 18.1 Å². The summed E-state index contributed by atoms with van der Waals surface area (Å²) in [5.41, 5.74) is 8.04. The van der Waals surface area contributed by atoms with Crippen LogP contribution < -0.4 is 5.73 Å². The SMILES string of the molecule is Cc1cccc(C#Cc2cccc(C(N)=O)c2)n1. The lowest BCUT2D eigenvalue weighted by Gasteiger charge is -1.95. The second kappa shape index (κ2) is 5.15. The van der Waals surface area contributed by atoms with Crippen LogP contribution in [-0.2, 0) is 0 Å². The van der Waals surface area contributed by atoms with Crippen LogP contribution in [0, 0.1) is 18.8 Å². The second-order valence-electron chi connectivity index (χ2n) is 3.86. The number of carbonyl (C=O) groups excluding carboxylic acids is 1. The van der Waals surface area contributed by atoms with E-state index in [-0.39, 0.29) is 0 Å². The maximum Gasteiger partial charge on any atom is 0.248 e. The molecule has 1 heterocycles. The first kappa shape index (κ1) is 11.9. The van der Waals surface area contributed by atoms with Crippen LogP contribution in [0.25, 0.3) is 0 Å². The third kappa shape index (κ3) is 2.96. The van der Waals surface area contributed by atoms with Crippen LogP contribution in [-0.4, -0.2) is 10.9 Å². The van der Waals surface area contributed by atoms with Gasteiger partial charge in [0, 0.05) is 16.8 Å². The number of aromatic nitrogens is 1. The lowest BCUT2D eigenvalue weighted by molar-refractivity contribution is 0.100. The van der Waals surface area contributed by atoms with E-state index in [0.717, 1.165) is 11.3 Å². The molecule has 0 aliphatic carbocycles. The van der Waals surface area contributed by atoms with Crippen LogP contribution in [0.5, 0.6) is 0 Å². The van der Waals surface area contributed by atoms with Gasteiger partial charge in [-0.3, -0.25) is 4.79 Å². The molecule has 0 fully saturated rings. The predicted octanol–water partition coefficient (Wildman–Crippen LogP) is 1.89. The molecular formula is C15H12N2O. The molecule has 2 rings (SSSR count). The molecular weight excluding hydrogens is 224 g/mol. The van der Waals surface area contributed by atoms with Gasteiger partial charge in [0.15, 0.2) is 0 Å². The number of nitrogens with zero attached hydrogens (tertiary/aromatic N) is 1. The van der Waals surface area contributed by atoms with E-state index < -0.39 is 5.91 Å². The van der Waals surface area contributed by atoms with Crippen molar-refractivity contribution in [1.29, 1.82) is 0 Å². The number of aryl methyl sites for hydroxylation is 1. The Kier molecular flexibility index (Phi) is 3.40. The number of amides is 1. The summed E-state index contributed by atoms with van der Waals surface area (Å²) in [7, 11) is 0. The Balaban J connectivity index is 2.30. The van der Waals surface area contributed by atoms with Crippen molar-refractivity contribution in [3.05, 3.63) is 65.0 Å². The van der Waals surface area contributed by atoms with Gasteiger partial charge in [0.05, 0.1) is 0 Å². The summed E-state index contributed by atoms with van der Waals surface area (Å²) >= 11 is 0. The number of nitrogens with two attached hydrogens (primary N) is 1. The van der Waals surface area contributed by atoms with Crippen LogP contribution in [0.4, 0.5) is 0 Å². The lowest BCUT2D eigenvalue weighted by Crippen LogP contribution is -2.10. The fourth-order valence-electron chi connectivity index (χ4n) is 1.50. The van der Waals surface area contributed by atoms with Gasteiger partial charge >= 0.3 is 0 Å². The molecule has 0 saturated heterocycles. The third-order valence-electron chi connectivity index (χ3n) is 2.37. The van der Waals surface area contributed by atoms with Crippen molar-refractivity contribution in [3.8, 4) is 11.8 Å². The molecule has 0 atom stereocenters. The van der Waals surface area contributed by atoms with E-state index in [9.17, 15) is 4.79 Å². The standard InChI is InChI=1S/C15H12N2O/c1-11-4-2-7-14(17-11)9-8-12-5-3-6-13(10-12)15(16)18/h2-7,10H,1H3,(H2,16,18). The van der Waals surface area contributed by atoms with E-state index in [0.29, 0.717) is 11.3 Å². The fraction of sp³-hybridized carbons (Fsp3) is 0.0667. The van der Waals surface area contributed by atoms with E-state index in [1.54, 1.807) is 18.2 Å². The number of benzene rings is 1. The minimum absolute atomic E-state index is 0.452. The summed E-state index contributed by atoms with van der Waals surface area (Å²) in [4.78, 5) is 15.3. The van der Waals surface area contributed by atoms with Crippen molar-refractivity contribution in [2.24, 2.45) is 5.73 Å². The number of hydrogen-bond donors (Lipinski definition) is 1. The van der Waals surface area contributed by atoms with Crippen molar-refractivity contribution >= 4 is 5.91 Å². The number of pyridine rings is 1. The Morgan fingerprint density at radius 3 is 2.67 bits per heavy atom. The number of hydrogen-bond acceptors (Lipinski definition) is 2. The highest BCUT2D eigenvalue weighted by molar-refractivity contribution is 5.93. The second-order valence-corrected chi connectivity index (χ2v) is 3.86. The Hall–Kier alpha value is -2.60. The highest BCUT2D eigenvalue weighted by Crippen LogP contribution is 2.04. The minimum Gasteiger partial charge on any atom is -0.366 e. The number of primary amides is 1. The molecule has 0 bridgehead atoms. The quantitative estimate of drug-likeness (QED) is 0.769. The molecule has 0 radical (unpaired) electrons. The van der Waals surface area contributed by atoms with Crippen LogP contribution in [0.3, 0.4) is 0 Å². The summed E-state index contributed by atoms with van der Waals surface area (Å²) in [6, 6.07) is 12.6. The zero-order chi connectivity index (χ0) is 13.0. The predicted molar refractivity (Wildman–Crippen MR) is 69.9 cm³/mol. The number of carbonyl (C=O) groups is 1. The highest BCUT2D eigenvalue weighted by Gasteiger charge is 1.99. The molecule has 88 valence electrons. The number of rotatable bonds is 1. The normalized spacial score (nSPS) is 9.39. The van der Waals surface area contributed by atoms with Gasteiger partial charge in [-0.2, -0.15) is 0 Å². The molecule has 3 nitrogen and oxygen atoms in total. The molecule has 0 unspecified atom stereocenters. The lowest BCUT2D eigenvalue weighted by atomic mass is 10.1. The molecule has 0 aliphatic rings. The van der Waals surface area contributed by atoms with Crippen LogP contribution in [0.1, 0.15) is 27.3 Å². The van der Waals surface area contributed by atoms with E-state index in [1.165, 1.54) is 0 Å². The van der Waals surface area contributed by atoms with E-state index in [4.69, 9.17) is 5.73 Å². The van der Waals surface area contributed by atoms with Gasteiger partial charge in [-0.05, 0) is 43.2 Å². The zero-order valence-electron chi connectivity index (χ0n) is 9.97. The summed E-state index contributed by atoms with van der Waals surface area (Å²) in [6.07, 6.45) is 0. The van der Waals surface area contributed by atoms with Crippen molar-refractivity contribution in [3.63, 3.8) is 0 Å². The maximum absolute atomic E-state index is 11.0. The molecule has 0 saturated carbocycles. The fourth-order valence-corrected chi connectivity index (χ4v) is 1.50. The Bertz CT molecular complexity index is 651. The molecule has 18 heavy (non-hydrogen) atoms. The van der Waals surface area contributed by atoms with Crippen molar-refractivity contribution < 1.29 is 4.79 Å². The third-order valence-corrected chi connectivity index (χ3v) is 2.37. The molecule has 1 amide bonds. The summed E-state index contributed by atoms with van der Waals surface area (Å²) in [6.45, 7) is 1.92. The van der Waals surface area contributed by atoms with Gasteiger partial charge in [0.1, 0.15) is 5.69 Å². The van der Waals surface area contributed by atoms with Crippen LogP contribution >= 0.6 is 0 Å². The molecule has 0 spiro atoms. The highest BCUT2D eigenvalue weighted by atomic mass is 16.1. The largest absolute Gasteiger partial charge is 0.366 e. The summed E-state index contributed by atoms with van der Waals surface area (Å²) in [5.74, 6) is 5.47. The molecule has 0 aliphatic heterocycles. The van der Waals surface area contributed by atoms with Crippen LogP contribution in [0.15, 0.2) is 42.5 Å². The molecule has 2 aromatic rings. The van der Waals surface area contributed by atoms with E-state index in [2.05, 4.69) is 16.8 Å². The summed E-state index contributed by atoms with van der Waals surface area (Å²) in [5, 5.41) is 0. The first-order valence-electron chi connectivity index (χ1n) is 5.51. The monoisotopic (exact) mass is 236 g/mol. The van der Waals surface area contributed by atoms with Gasteiger partial charge < -0.3 is 5.73 Å². The van der Waals surface area contributed by atoms with Crippen molar-refractivity contribution in [2.75, 3.05) is 0 Å². The van der Waals surface area contributed by atoms with Crippen molar-refractivity contribution in [2.45, 2.75) is 6.92 Å². The van der Waals surface area contributed by atoms with Gasteiger partial charge in [0.25, 0.3) is 0 Å². The first-order valence-corrected chi connectivity index (χ1v) is 5.51. The summed E-state index contributed by atoms with van der Waals surface area (Å²) < 4.78 is 0. The average molecular weight is 236 g/mol. The zero-order valence-corrected chi connectivity index (χ0v) is 9.97. The smallest absolute Gasteiger partial charge is 0.248 e. The topological polar surface area (TPSA) is 56.0 Å². The molecule has 3 heteroatoms. The minimum atomic E-state index is -0.452.